The van der Waals surface area contributed by atoms with E-state index >= 15 is 0 Å². The molecule has 0 saturated carbocycles. The molecule has 2 aliphatic heterocycles. The quantitative estimate of drug-likeness (QED) is 0.555. The van der Waals surface area contributed by atoms with E-state index in [1.165, 1.54) is 32.1 Å². The van der Waals surface area contributed by atoms with Crippen LogP contribution in [0.5, 0.6) is 5.75 Å². The zero-order valence-corrected chi connectivity index (χ0v) is 11.8. The molecular weight excluding hydrogens is 256 g/mol. The highest BCUT2D eigenvalue weighted by Crippen LogP contribution is 2.32. The maximum atomic E-state index is 5.44. The molecule has 0 aromatic carbocycles. The number of anilines is 2. The van der Waals surface area contributed by atoms with Crippen LogP contribution in [-0.4, -0.2) is 47.2 Å². The number of nitrogens with one attached hydrogen (secondary N) is 2. The molecule has 2 unspecified atom stereocenters. The summed E-state index contributed by atoms with van der Waals surface area (Å²) in [4.78, 5) is 10.9. The summed E-state index contributed by atoms with van der Waals surface area (Å²) in [6.45, 7) is 2.42. The number of rotatable bonds is 4. The highest BCUT2D eigenvalue weighted by molar-refractivity contribution is 5.63. The smallest absolute Gasteiger partial charge is 0.205 e. The van der Waals surface area contributed by atoms with Gasteiger partial charge in [-0.25, -0.2) is 15.8 Å². The summed E-state index contributed by atoms with van der Waals surface area (Å²) in [6.07, 6.45) is 6.43. The van der Waals surface area contributed by atoms with Gasteiger partial charge in [-0.1, -0.05) is 0 Å². The first-order valence-electron chi connectivity index (χ1n) is 7.18. The zero-order chi connectivity index (χ0) is 13.9. The van der Waals surface area contributed by atoms with E-state index in [0.717, 1.165) is 19.0 Å². The van der Waals surface area contributed by atoms with E-state index < -0.39 is 0 Å². The van der Waals surface area contributed by atoms with Gasteiger partial charge >= 0.3 is 0 Å². The Labute approximate surface area is 118 Å². The van der Waals surface area contributed by atoms with E-state index in [1.807, 2.05) is 0 Å². The lowest BCUT2D eigenvalue weighted by Crippen LogP contribution is -2.42. The van der Waals surface area contributed by atoms with Crippen molar-refractivity contribution in [3.63, 3.8) is 0 Å². The molecule has 1 aromatic rings. The number of piperidine rings is 1. The number of ether oxygens (including phenoxy) is 1. The number of fused-ring (bicyclic) bond motifs is 1. The number of hydrogen-bond donors (Lipinski definition) is 3. The van der Waals surface area contributed by atoms with Crippen LogP contribution in [0.15, 0.2) is 6.33 Å². The lowest BCUT2D eigenvalue weighted by Gasteiger charge is -2.35. The van der Waals surface area contributed by atoms with Crippen LogP contribution in [0, 0.1) is 0 Å². The number of hydrogen-bond acceptors (Lipinski definition) is 7. The van der Waals surface area contributed by atoms with E-state index in [-0.39, 0.29) is 0 Å². The second-order valence-corrected chi connectivity index (χ2v) is 5.45. The van der Waals surface area contributed by atoms with Crippen molar-refractivity contribution in [3.8, 4) is 5.75 Å². The number of nitrogens with zero attached hydrogens (tertiary/aromatic N) is 3. The van der Waals surface area contributed by atoms with Crippen molar-refractivity contribution in [1.82, 2.24) is 14.9 Å². The maximum absolute atomic E-state index is 5.44. The minimum absolute atomic E-state index is 0.434. The van der Waals surface area contributed by atoms with Crippen LogP contribution in [0.25, 0.3) is 0 Å². The summed E-state index contributed by atoms with van der Waals surface area (Å²) in [6, 6.07) is 1.16. The Kier molecular flexibility index (Phi) is 3.88. The molecule has 0 radical (unpaired) electrons. The molecule has 7 heteroatoms. The second kappa shape index (κ2) is 5.80. The third kappa shape index (κ3) is 2.51. The molecule has 2 fully saturated rings. The second-order valence-electron chi connectivity index (χ2n) is 5.45. The van der Waals surface area contributed by atoms with Crippen LogP contribution in [0.4, 0.5) is 11.6 Å². The van der Waals surface area contributed by atoms with Crippen LogP contribution in [0.3, 0.4) is 0 Å². The Bertz CT molecular complexity index is 468. The van der Waals surface area contributed by atoms with Crippen LogP contribution < -0.4 is 21.3 Å². The predicted octanol–water partition coefficient (Wildman–Crippen LogP) is 0.809. The molecule has 7 nitrogen and oxygen atoms in total. The molecule has 1 aromatic heterocycles. The van der Waals surface area contributed by atoms with Crippen LogP contribution in [0.1, 0.15) is 25.7 Å². The van der Waals surface area contributed by atoms with E-state index in [9.17, 15) is 0 Å². The van der Waals surface area contributed by atoms with Crippen molar-refractivity contribution in [1.29, 1.82) is 0 Å². The van der Waals surface area contributed by atoms with Gasteiger partial charge in [0.1, 0.15) is 6.33 Å². The Hall–Kier alpha value is -1.60. The summed E-state index contributed by atoms with van der Waals surface area (Å²) in [5.74, 6) is 7.23. The molecule has 2 aliphatic rings. The van der Waals surface area contributed by atoms with Crippen molar-refractivity contribution in [2.75, 3.05) is 30.9 Å². The minimum atomic E-state index is 0.434. The highest BCUT2D eigenvalue weighted by Gasteiger charge is 2.32. The molecule has 0 aliphatic carbocycles. The number of methoxy groups -OCH3 is 1. The summed E-state index contributed by atoms with van der Waals surface area (Å²) in [5, 5.41) is 3.49. The lowest BCUT2D eigenvalue weighted by atomic mass is 9.97. The van der Waals surface area contributed by atoms with Gasteiger partial charge in [-0.3, -0.25) is 0 Å². The summed E-state index contributed by atoms with van der Waals surface area (Å²) < 4.78 is 5.36. The third-order valence-corrected chi connectivity index (χ3v) is 4.31. The Morgan fingerprint density at radius 2 is 2.15 bits per heavy atom. The van der Waals surface area contributed by atoms with Gasteiger partial charge in [0, 0.05) is 18.6 Å². The van der Waals surface area contributed by atoms with Gasteiger partial charge in [-0.15, -0.1) is 0 Å². The minimum Gasteiger partial charge on any atom is -0.490 e. The molecule has 20 heavy (non-hydrogen) atoms. The van der Waals surface area contributed by atoms with E-state index in [2.05, 4.69) is 25.6 Å². The monoisotopic (exact) mass is 278 g/mol. The van der Waals surface area contributed by atoms with Crippen molar-refractivity contribution < 1.29 is 4.74 Å². The van der Waals surface area contributed by atoms with Crippen molar-refractivity contribution in [3.05, 3.63) is 6.33 Å². The molecule has 110 valence electrons. The van der Waals surface area contributed by atoms with Gasteiger partial charge in [0.15, 0.2) is 11.6 Å². The molecule has 0 amide bonds. The van der Waals surface area contributed by atoms with Gasteiger partial charge in [0.2, 0.25) is 5.75 Å². The fraction of sp³-hybridized carbons (Fsp3) is 0.692. The average molecular weight is 278 g/mol. The van der Waals surface area contributed by atoms with Gasteiger partial charge < -0.3 is 20.4 Å². The van der Waals surface area contributed by atoms with E-state index in [1.54, 1.807) is 7.11 Å². The standard InChI is InChI=1S/C13H22N6O/c1-20-11-12(15-8-16-13(11)18-14)17-9-4-6-19-5-2-3-10(19)7-9/h8-10H,2-7,14H2,1H3,(H2,15,16,17,18). The Morgan fingerprint density at radius 1 is 1.30 bits per heavy atom. The summed E-state index contributed by atoms with van der Waals surface area (Å²) in [5.41, 5.74) is 2.54. The van der Waals surface area contributed by atoms with Crippen molar-refractivity contribution >= 4 is 11.6 Å². The molecule has 3 heterocycles. The average Bonchev–Trinajstić information content (AvgIpc) is 2.94. The number of nitrogen functional groups attached to an aromatic ring is 1. The largest absolute Gasteiger partial charge is 0.490 e. The van der Waals surface area contributed by atoms with E-state index in [4.69, 9.17) is 10.6 Å². The zero-order valence-electron chi connectivity index (χ0n) is 11.8. The molecule has 2 saturated heterocycles. The van der Waals surface area contributed by atoms with Gasteiger partial charge in [0.05, 0.1) is 7.11 Å². The fourth-order valence-corrected chi connectivity index (χ4v) is 3.32. The summed E-state index contributed by atoms with van der Waals surface area (Å²) in [7, 11) is 1.60. The molecular formula is C13H22N6O. The predicted molar refractivity (Wildman–Crippen MR) is 77.6 cm³/mol. The molecule has 4 N–H and O–H groups in total. The Balaban J connectivity index is 1.71. The highest BCUT2D eigenvalue weighted by atomic mass is 16.5. The first-order valence-corrected chi connectivity index (χ1v) is 7.18. The van der Waals surface area contributed by atoms with Gasteiger partial charge in [0.25, 0.3) is 0 Å². The molecule has 3 rings (SSSR count). The van der Waals surface area contributed by atoms with Crippen molar-refractivity contribution in [2.24, 2.45) is 5.84 Å². The topological polar surface area (TPSA) is 88.3 Å². The maximum Gasteiger partial charge on any atom is 0.205 e. The van der Waals surface area contributed by atoms with Gasteiger partial charge in [-0.2, -0.15) is 0 Å². The van der Waals surface area contributed by atoms with Crippen LogP contribution in [-0.2, 0) is 0 Å². The van der Waals surface area contributed by atoms with Crippen LogP contribution >= 0.6 is 0 Å². The molecule has 2 atom stereocenters. The Morgan fingerprint density at radius 3 is 2.95 bits per heavy atom. The normalized spacial score (nSPS) is 26.1. The lowest BCUT2D eigenvalue weighted by molar-refractivity contribution is 0.188. The first-order chi connectivity index (χ1) is 9.81. The number of nitrogens with two attached hydrogens (primary N) is 1. The number of hydrazine groups is 1. The SMILES string of the molecule is COc1c(NN)ncnc1NC1CCN2CCCC2C1. The first kappa shape index (κ1) is 13.4. The summed E-state index contributed by atoms with van der Waals surface area (Å²) >= 11 is 0. The fourth-order valence-electron chi connectivity index (χ4n) is 3.32. The van der Waals surface area contributed by atoms with E-state index in [0.29, 0.717) is 23.4 Å². The van der Waals surface area contributed by atoms with Crippen molar-refractivity contribution in [2.45, 2.75) is 37.8 Å². The number of aromatic nitrogens is 2. The van der Waals surface area contributed by atoms with Gasteiger partial charge in [-0.05, 0) is 32.2 Å². The molecule has 0 bridgehead atoms. The van der Waals surface area contributed by atoms with Crippen LogP contribution in [0.2, 0.25) is 0 Å². The molecule has 0 spiro atoms. The third-order valence-electron chi connectivity index (χ3n) is 4.31.